The second kappa shape index (κ2) is 5.14. The van der Waals surface area contributed by atoms with Gasteiger partial charge >= 0.3 is 4.87 Å². The van der Waals surface area contributed by atoms with E-state index in [1.54, 1.807) is 10.8 Å². The molecule has 2 aromatic heterocycles. The molecule has 17 heavy (non-hydrogen) atoms. The SMILES string of the molecule is CCNc1ccnc(Cn2c(C)csc2=O)c1. The Morgan fingerprint density at radius 1 is 1.53 bits per heavy atom. The highest BCUT2D eigenvalue weighted by molar-refractivity contribution is 7.07. The number of aromatic nitrogens is 2. The molecule has 0 aliphatic carbocycles. The van der Waals surface area contributed by atoms with E-state index < -0.39 is 0 Å². The van der Waals surface area contributed by atoms with Crippen LogP contribution in [0.2, 0.25) is 0 Å². The maximum atomic E-state index is 11.6. The number of hydrogen-bond acceptors (Lipinski definition) is 4. The van der Waals surface area contributed by atoms with Crippen molar-refractivity contribution >= 4 is 17.0 Å². The molecule has 90 valence electrons. The molecule has 0 aliphatic heterocycles. The van der Waals surface area contributed by atoms with Gasteiger partial charge in [0.1, 0.15) is 0 Å². The first-order chi connectivity index (χ1) is 8.20. The van der Waals surface area contributed by atoms with Crippen LogP contribution in [0.5, 0.6) is 0 Å². The zero-order valence-electron chi connectivity index (χ0n) is 9.93. The van der Waals surface area contributed by atoms with E-state index in [1.807, 2.05) is 31.4 Å². The van der Waals surface area contributed by atoms with Crippen molar-refractivity contribution in [2.45, 2.75) is 20.4 Å². The van der Waals surface area contributed by atoms with Crippen molar-refractivity contribution in [3.63, 3.8) is 0 Å². The molecule has 0 bridgehead atoms. The van der Waals surface area contributed by atoms with Crippen LogP contribution in [0.25, 0.3) is 0 Å². The Morgan fingerprint density at radius 3 is 3.00 bits per heavy atom. The summed E-state index contributed by atoms with van der Waals surface area (Å²) >= 11 is 1.23. The molecule has 5 heteroatoms. The highest BCUT2D eigenvalue weighted by atomic mass is 32.1. The highest BCUT2D eigenvalue weighted by Gasteiger charge is 2.04. The molecule has 4 nitrogen and oxygen atoms in total. The summed E-state index contributed by atoms with van der Waals surface area (Å²) in [5.74, 6) is 0. The van der Waals surface area contributed by atoms with Crippen LogP contribution < -0.4 is 10.2 Å². The second-order valence-electron chi connectivity index (χ2n) is 3.80. The van der Waals surface area contributed by atoms with E-state index in [-0.39, 0.29) is 4.87 Å². The van der Waals surface area contributed by atoms with Crippen molar-refractivity contribution in [3.8, 4) is 0 Å². The van der Waals surface area contributed by atoms with Crippen molar-refractivity contribution in [2.75, 3.05) is 11.9 Å². The third kappa shape index (κ3) is 2.74. The van der Waals surface area contributed by atoms with Crippen molar-refractivity contribution in [1.29, 1.82) is 0 Å². The molecule has 1 N–H and O–H groups in total. The van der Waals surface area contributed by atoms with Gasteiger partial charge in [0.2, 0.25) is 0 Å². The fourth-order valence-electron chi connectivity index (χ4n) is 1.64. The lowest BCUT2D eigenvalue weighted by Gasteiger charge is -2.07. The number of pyridine rings is 1. The number of anilines is 1. The molecule has 0 fully saturated rings. The van der Waals surface area contributed by atoms with E-state index in [4.69, 9.17) is 0 Å². The fourth-order valence-corrected chi connectivity index (χ4v) is 2.37. The maximum Gasteiger partial charge on any atom is 0.307 e. The first kappa shape index (κ1) is 11.9. The summed E-state index contributed by atoms with van der Waals surface area (Å²) in [6, 6.07) is 3.91. The van der Waals surface area contributed by atoms with Crippen LogP contribution in [0, 0.1) is 6.92 Å². The molecular weight excluding hydrogens is 234 g/mol. The molecule has 0 spiro atoms. The van der Waals surface area contributed by atoms with Gasteiger partial charge in [0.05, 0.1) is 12.2 Å². The molecule has 0 saturated heterocycles. The largest absolute Gasteiger partial charge is 0.385 e. The average Bonchev–Trinajstić information content (AvgIpc) is 2.62. The molecule has 2 heterocycles. The van der Waals surface area contributed by atoms with Crippen molar-refractivity contribution in [1.82, 2.24) is 9.55 Å². The summed E-state index contributed by atoms with van der Waals surface area (Å²) < 4.78 is 1.74. The van der Waals surface area contributed by atoms with E-state index in [0.717, 1.165) is 23.6 Å². The molecule has 2 rings (SSSR count). The lowest BCUT2D eigenvalue weighted by atomic mass is 10.3. The minimum atomic E-state index is 0.0677. The van der Waals surface area contributed by atoms with Gasteiger partial charge in [0, 0.05) is 29.5 Å². The zero-order valence-corrected chi connectivity index (χ0v) is 10.8. The zero-order chi connectivity index (χ0) is 12.3. The number of nitrogens with zero attached hydrogens (tertiary/aromatic N) is 2. The lowest BCUT2D eigenvalue weighted by molar-refractivity contribution is 0.735. The van der Waals surface area contributed by atoms with Gasteiger partial charge in [-0.15, -0.1) is 0 Å². The van der Waals surface area contributed by atoms with Gasteiger partial charge < -0.3 is 5.32 Å². The van der Waals surface area contributed by atoms with E-state index in [9.17, 15) is 4.79 Å². The Hall–Kier alpha value is -1.62. The fraction of sp³-hybridized carbons (Fsp3) is 0.333. The summed E-state index contributed by atoms with van der Waals surface area (Å²) in [5, 5.41) is 5.10. The van der Waals surface area contributed by atoms with Gasteiger partial charge in [-0.3, -0.25) is 14.3 Å². The van der Waals surface area contributed by atoms with Crippen LogP contribution in [-0.2, 0) is 6.54 Å². The number of rotatable bonds is 4. The quantitative estimate of drug-likeness (QED) is 0.902. The topological polar surface area (TPSA) is 46.9 Å². The predicted molar refractivity (Wildman–Crippen MR) is 70.8 cm³/mol. The van der Waals surface area contributed by atoms with Crippen LogP contribution in [0.15, 0.2) is 28.5 Å². The Labute approximate surface area is 104 Å². The second-order valence-corrected chi connectivity index (χ2v) is 4.62. The molecule has 0 unspecified atom stereocenters. The summed E-state index contributed by atoms with van der Waals surface area (Å²) in [5.41, 5.74) is 2.92. The summed E-state index contributed by atoms with van der Waals surface area (Å²) in [4.78, 5) is 15.9. The van der Waals surface area contributed by atoms with E-state index in [0.29, 0.717) is 6.54 Å². The van der Waals surface area contributed by atoms with E-state index >= 15 is 0 Å². The smallest absolute Gasteiger partial charge is 0.307 e. The van der Waals surface area contributed by atoms with Crippen molar-refractivity contribution < 1.29 is 0 Å². The monoisotopic (exact) mass is 249 g/mol. The Balaban J connectivity index is 2.24. The van der Waals surface area contributed by atoms with Crippen LogP contribution in [0.3, 0.4) is 0 Å². The van der Waals surface area contributed by atoms with E-state index in [1.165, 1.54) is 11.3 Å². The third-order valence-electron chi connectivity index (χ3n) is 2.49. The van der Waals surface area contributed by atoms with Crippen LogP contribution in [0.4, 0.5) is 5.69 Å². The number of thiazole rings is 1. The number of aryl methyl sites for hydroxylation is 1. The predicted octanol–water partition coefficient (Wildman–Crippen LogP) is 2.09. The third-order valence-corrected chi connectivity index (χ3v) is 3.38. The van der Waals surface area contributed by atoms with Gasteiger partial charge in [-0.2, -0.15) is 0 Å². The number of nitrogens with one attached hydrogen (secondary N) is 1. The van der Waals surface area contributed by atoms with Crippen molar-refractivity contribution in [3.05, 3.63) is 44.8 Å². The normalized spacial score (nSPS) is 10.5. The summed E-state index contributed by atoms with van der Waals surface area (Å²) in [6.07, 6.45) is 1.76. The summed E-state index contributed by atoms with van der Waals surface area (Å²) in [6.45, 7) is 5.40. The Kier molecular flexibility index (Phi) is 3.58. The first-order valence-electron chi connectivity index (χ1n) is 5.54. The molecule has 0 aliphatic rings. The standard InChI is InChI=1S/C12H15N3OS/c1-3-13-10-4-5-14-11(6-10)7-15-9(2)8-17-12(15)16/h4-6,8H,3,7H2,1-2H3,(H,13,14). The van der Waals surface area contributed by atoms with Crippen molar-refractivity contribution in [2.24, 2.45) is 0 Å². The molecule has 2 aromatic rings. The molecule has 0 radical (unpaired) electrons. The van der Waals surface area contributed by atoms with Crippen LogP contribution in [-0.4, -0.2) is 16.1 Å². The lowest BCUT2D eigenvalue weighted by Crippen LogP contribution is -2.16. The van der Waals surface area contributed by atoms with Gasteiger partial charge in [0.15, 0.2) is 0 Å². The molecule has 0 aromatic carbocycles. The van der Waals surface area contributed by atoms with Gasteiger partial charge in [-0.05, 0) is 26.0 Å². The molecule has 0 saturated carbocycles. The van der Waals surface area contributed by atoms with Crippen LogP contribution in [0.1, 0.15) is 18.3 Å². The molecule has 0 atom stereocenters. The van der Waals surface area contributed by atoms with Gasteiger partial charge in [0.25, 0.3) is 0 Å². The minimum absolute atomic E-state index is 0.0677. The number of hydrogen-bond donors (Lipinski definition) is 1. The highest BCUT2D eigenvalue weighted by Crippen LogP contribution is 2.10. The molecule has 0 amide bonds. The van der Waals surface area contributed by atoms with Gasteiger partial charge in [-0.25, -0.2) is 0 Å². The molecular formula is C12H15N3OS. The minimum Gasteiger partial charge on any atom is -0.385 e. The average molecular weight is 249 g/mol. The Bertz CT molecular complexity index is 559. The van der Waals surface area contributed by atoms with Crippen LogP contribution >= 0.6 is 11.3 Å². The maximum absolute atomic E-state index is 11.6. The summed E-state index contributed by atoms with van der Waals surface area (Å²) in [7, 11) is 0. The van der Waals surface area contributed by atoms with Gasteiger partial charge in [-0.1, -0.05) is 11.3 Å². The first-order valence-corrected chi connectivity index (χ1v) is 6.42. The Morgan fingerprint density at radius 2 is 2.35 bits per heavy atom. The van der Waals surface area contributed by atoms with E-state index in [2.05, 4.69) is 10.3 Å².